The van der Waals surface area contributed by atoms with E-state index in [0.717, 1.165) is 25.3 Å². The molecule has 0 bridgehead atoms. The summed E-state index contributed by atoms with van der Waals surface area (Å²) in [5, 5.41) is 10.2. The molecular formula is C11H19ClN4O. The average molecular weight is 259 g/mol. The summed E-state index contributed by atoms with van der Waals surface area (Å²) in [5.41, 5.74) is 0.783. The molecule has 6 heteroatoms. The van der Waals surface area contributed by atoms with Crippen LogP contribution in [0.4, 0.5) is 5.69 Å². The molecule has 17 heavy (non-hydrogen) atoms. The number of halogens is 1. The molecule has 2 N–H and O–H groups in total. The number of aromatic nitrogens is 2. The minimum Gasteiger partial charge on any atom is -0.323 e. The number of hydrogen-bond donors (Lipinski definition) is 2. The second-order valence-electron chi connectivity index (χ2n) is 4.28. The van der Waals surface area contributed by atoms with E-state index in [4.69, 9.17) is 0 Å². The van der Waals surface area contributed by atoms with Crippen LogP contribution in [0.2, 0.25) is 0 Å². The molecule has 0 spiro atoms. The Morgan fingerprint density at radius 2 is 2.41 bits per heavy atom. The predicted octanol–water partition coefficient (Wildman–Crippen LogP) is 1.12. The fourth-order valence-electron chi connectivity index (χ4n) is 1.74. The van der Waals surface area contributed by atoms with E-state index < -0.39 is 0 Å². The largest absolute Gasteiger partial charge is 0.323 e. The fraction of sp³-hybridized carbons (Fsp3) is 0.636. The van der Waals surface area contributed by atoms with Crippen LogP contribution in [-0.4, -0.2) is 28.8 Å². The second kappa shape index (κ2) is 6.02. The Labute approximate surface area is 107 Å². The number of nitrogens with one attached hydrogen (secondary N) is 2. The van der Waals surface area contributed by atoms with Gasteiger partial charge in [0.05, 0.1) is 11.9 Å². The molecule has 1 atom stereocenters. The Morgan fingerprint density at radius 3 is 2.88 bits per heavy atom. The van der Waals surface area contributed by atoms with Gasteiger partial charge in [0, 0.05) is 18.7 Å². The van der Waals surface area contributed by atoms with E-state index in [1.165, 1.54) is 0 Å². The highest BCUT2D eigenvalue weighted by Gasteiger charge is 2.28. The van der Waals surface area contributed by atoms with Gasteiger partial charge in [-0.2, -0.15) is 5.10 Å². The predicted molar refractivity (Wildman–Crippen MR) is 69.3 cm³/mol. The third-order valence-electron chi connectivity index (χ3n) is 3.16. The summed E-state index contributed by atoms with van der Waals surface area (Å²) in [5.74, 6) is 0.620. The van der Waals surface area contributed by atoms with Crippen molar-refractivity contribution >= 4 is 24.0 Å². The Bertz CT molecular complexity index is 375. The molecule has 1 aliphatic rings. The zero-order valence-electron chi connectivity index (χ0n) is 10.1. The fourth-order valence-corrected chi connectivity index (χ4v) is 1.74. The molecule has 0 aromatic carbocycles. The van der Waals surface area contributed by atoms with Crippen LogP contribution in [0.1, 0.15) is 13.8 Å². The van der Waals surface area contributed by atoms with Crippen LogP contribution in [0.15, 0.2) is 12.4 Å². The van der Waals surface area contributed by atoms with Crippen molar-refractivity contribution in [2.75, 3.05) is 18.4 Å². The summed E-state index contributed by atoms with van der Waals surface area (Å²) >= 11 is 0. The van der Waals surface area contributed by atoms with Gasteiger partial charge in [-0.1, -0.05) is 6.92 Å². The smallest absolute Gasteiger partial charge is 0.227 e. The van der Waals surface area contributed by atoms with Crippen molar-refractivity contribution in [3.05, 3.63) is 12.4 Å². The van der Waals surface area contributed by atoms with E-state index >= 15 is 0 Å². The molecule has 2 rings (SSSR count). The van der Waals surface area contributed by atoms with Gasteiger partial charge in [0.25, 0.3) is 0 Å². The lowest BCUT2D eigenvalue weighted by molar-refractivity contribution is -0.121. The Kier molecular flexibility index (Phi) is 4.96. The SMILES string of the molecule is CCn1cc(NC(=O)C(C)C2CNC2)cn1.Cl. The molecule has 96 valence electrons. The summed E-state index contributed by atoms with van der Waals surface area (Å²) < 4.78 is 1.80. The number of anilines is 1. The lowest BCUT2D eigenvalue weighted by atomic mass is 9.88. The van der Waals surface area contributed by atoms with Gasteiger partial charge in [0.2, 0.25) is 5.91 Å². The maximum atomic E-state index is 11.9. The molecule has 1 saturated heterocycles. The van der Waals surface area contributed by atoms with E-state index in [2.05, 4.69) is 15.7 Å². The Balaban J connectivity index is 0.00000144. The van der Waals surface area contributed by atoms with E-state index in [0.29, 0.717) is 5.92 Å². The van der Waals surface area contributed by atoms with Crippen molar-refractivity contribution < 1.29 is 4.79 Å². The first-order valence-corrected chi connectivity index (χ1v) is 5.74. The summed E-state index contributed by atoms with van der Waals surface area (Å²) in [6, 6.07) is 0. The molecular weight excluding hydrogens is 240 g/mol. The minimum atomic E-state index is 0. The van der Waals surface area contributed by atoms with Crippen molar-refractivity contribution in [3.63, 3.8) is 0 Å². The topological polar surface area (TPSA) is 59.0 Å². The molecule has 0 radical (unpaired) electrons. The van der Waals surface area contributed by atoms with Crippen LogP contribution in [0, 0.1) is 11.8 Å². The van der Waals surface area contributed by atoms with Crippen molar-refractivity contribution in [1.82, 2.24) is 15.1 Å². The molecule has 0 aliphatic carbocycles. The van der Waals surface area contributed by atoms with E-state index in [1.54, 1.807) is 10.9 Å². The van der Waals surface area contributed by atoms with Crippen LogP contribution < -0.4 is 10.6 Å². The van der Waals surface area contributed by atoms with Gasteiger partial charge in [0.1, 0.15) is 0 Å². The molecule has 2 heterocycles. The molecule has 1 aromatic heterocycles. The molecule has 1 aromatic rings. The van der Waals surface area contributed by atoms with Crippen LogP contribution in [0.25, 0.3) is 0 Å². The van der Waals surface area contributed by atoms with Crippen molar-refractivity contribution in [1.29, 1.82) is 0 Å². The quantitative estimate of drug-likeness (QED) is 0.851. The highest BCUT2D eigenvalue weighted by atomic mass is 35.5. The number of nitrogens with zero attached hydrogens (tertiary/aromatic N) is 2. The average Bonchev–Trinajstić information content (AvgIpc) is 2.62. The zero-order chi connectivity index (χ0) is 11.5. The van der Waals surface area contributed by atoms with Gasteiger partial charge < -0.3 is 10.6 Å². The number of carbonyl (C=O) groups excluding carboxylic acids is 1. The van der Waals surface area contributed by atoms with Crippen LogP contribution in [0.5, 0.6) is 0 Å². The molecule has 5 nitrogen and oxygen atoms in total. The molecule has 1 fully saturated rings. The monoisotopic (exact) mass is 258 g/mol. The van der Waals surface area contributed by atoms with Crippen LogP contribution in [0.3, 0.4) is 0 Å². The number of aryl methyl sites for hydroxylation is 1. The molecule has 1 aliphatic heterocycles. The first kappa shape index (κ1) is 14.0. The molecule has 1 unspecified atom stereocenters. The maximum absolute atomic E-state index is 11.9. The molecule has 1 amide bonds. The lowest BCUT2D eigenvalue weighted by Gasteiger charge is -2.31. The summed E-state index contributed by atoms with van der Waals surface area (Å²) in [4.78, 5) is 11.9. The molecule has 0 saturated carbocycles. The summed E-state index contributed by atoms with van der Waals surface area (Å²) in [6.07, 6.45) is 3.54. The zero-order valence-corrected chi connectivity index (χ0v) is 11.0. The van der Waals surface area contributed by atoms with Crippen molar-refractivity contribution in [3.8, 4) is 0 Å². The Hall–Kier alpha value is -1.07. The highest BCUT2D eigenvalue weighted by molar-refractivity contribution is 5.92. The van der Waals surface area contributed by atoms with Gasteiger partial charge >= 0.3 is 0 Å². The summed E-state index contributed by atoms with van der Waals surface area (Å²) in [7, 11) is 0. The first-order valence-electron chi connectivity index (χ1n) is 5.74. The number of amides is 1. The number of hydrogen-bond acceptors (Lipinski definition) is 3. The standard InChI is InChI=1S/C11H18N4O.ClH/c1-3-15-7-10(6-13-15)14-11(16)8(2)9-4-12-5-9;/h6-9,12H,3-5H2,1-2H3,(H,14,16);1H. The van der Waals surface area contributed by atoms with Gasteiger partial charge in [-0.3, -0.25) is 9.48 Å². The van der Waals surface area contributed by atoms with E-state index in [-0.39, 0.29) is 24.2 Å². The lowest BCUT2D eigenvalue weighted by Crippen LogP contribution is -2.48. The van der Waals surface area contributed by atoms with Crippen molar-refractivity contribution in [2.45, 2.75) is 20.4 Å². The van der Waals surface area contributed by atoms with Crippen LogP contribution >= 0.6 is 12.4 Å². The van der Waals surface area contributed by atoms with Gasteiger partial charge in [0.15, 0.2) is 0 Å². The van der Waals surface area contributed by atoms with Gasteiger partial charge in [-0.05, 0) is 25.9 Å². The van der Waals surface area contributed by atoms with Crippen LogP contribution in [-0.2, 0) is 11.3 Å². The third-order valence-corrected chi connectivity index (χ3v) is 3.16. The van der Waals surface area contributed by atoms with Gasteiger partial charge in [-0.15, -0.1) is 12.4 Å². The third kappa shape index (κ3) is 3.20. The van der Waals surface area contributed by atoms with E-state index in [9.17, 15) is 4.79 Å². The number of rotatable bonds is 4. The first-order chi connectivity index (χ1) is 7.70. The Morgan fingerprint density at radius 1 is 1.71 bits per heavy atom. The van der Waals surface area contributed by atoms with Crippen molar-refractivity contribution in [2.24, 2.45) is 11.8 Å². The van der Waals surface area contributed by atoms with E-state index in [1.807, 2.05) is 20.0 Å². The maximum Gasteiger partial charge on any atom is 0.227 e. The number of carbonyl (C=O) groups is 1. The highest BCUT2D eigenvalue weighted by Crippen LogP contribution is 2.18. The second-order valence-corrected chi connectivity index (χ2v) is 4.28. The summed E-state index contributed by atoms with van der Waals surface area (Å²) in [6.45, 7) is 6.70. The van der Waals surface area contributed by atoms with Gasteiger partial charge in [-0.25, -0.2) is 0 Å². The normalized spacial score (nSPS) is 16.8. The minimum absolute atomic E-state index is 0.